The molecule has 0 radical (unpaired) electrons. The molecule has 3 rings (SSSR count). The number of carbonyl (C=O) groups excluding carboxylic acids is 1. The van der Waals surface area contributed by atoms with Crippen LogP contribution in [0.5, 0.6) is 0 Å². The van der Waals surface area contributed by atoms with E-state index in [0.29, 0.717) is 17.4 Å². The van der Waals surface area contributed by atoms with Crippen LogP contribution >= 0.6 is 0 Å². The largest absolute Gasteiger partial charge is 0.460 e. The van der Waals surface area contributed by atoms with Gasteiger partial charge in [-0.3, -0.25) is 4.79 Å². The number of nitriles is 1. The molecule has 4 nitrogen and oxygen atoms in total. The summed E-state index contributed by atoms with van der Waals surface area (Å²) in [6, 6.07) is 3.56. The highest BCUT2D eigenvalue weighted by Gasteiger charge is 2.41. The molecule has 2 aliphatic rings. The lowest BCUT2D eigenvalue weighted by atomic mass is 9.97. The van der Waals surface area contributed by atoms with E-state index >= 15 is 0 Å². The second kappa shape index (κ2) is 4.01. The van der Waals surface area contributed by atoms with Crippen LogP contribution in [0.15, 0.2) is 16.7 Å². The molecule has 2 fully saturated rings. The number of hydrogen-bond donors (Lipinski definition) is 1. The Bertz CT molecular complexity index is 474. The highest BCUT2D eigenvalue weighted by Crippen LogP contribution is 2.40. The minimum absolute atomic E-state index is 0.0148. The zero-order valence-electron chi connectivity index (χ0n) is 9.48. The maximum atomic E-state index is 12.3. The maximum Gasteiger partial charge on any atom is 0.202 e. The van der Waals surface area contributed by atoms with Gasteiger partial charge in [-0.25, -0.2) is 0 Å². The third kappa shape index (κ3) is 1.67. The number of Topliss-reactive ketones (excluding diaryl/α,β-unsaturated/α-hetero) is 1. The number of nitrogens with one attached hydrogen (secondary N) is 1. The van der Waals surface area contributed by atoms with Gasteiger partial charge in [0.25, 0.3) is 0 Å². The molecule has 1 saturated carbocycles. The van der Waals surface area contributed by atoms with Crippen molar-refractivity contribution in [1.82, 2.24) is 5.32 Å². The number of nitrogens with zero attached hydrogens (tertiary/aromatic N) is 1. The van der Waals surface area contributed by atoms with Crippen molar-refractivity contribution in [1.29, 1.82) is 5.26 Å². The van der Waals surface area contributed by atoms with Gasteiger partial charge in [0.2, 0.25) is 5.78 Å². The Balaban J connectivity index is 1.78. The molecule has 2 heterocycles. The third-order valence-corrected chi connectivity index (χ3v) is 4.03. The Hall–Kier alpha value is -1.60. The Morgan fingerprint density at radius 1 is 1.41 bits per heavy atom. The molecule has 3 atom stereocenters. The predicted molar refractivity (Wildman–Crippen MR) is 60.3 cm³/mol. The SMILES string of the molecule is N#Cc1ccoc1C(=O)[C@H]1C[C@H]2CNC[C@H]2C1. The van der Waals surface area contributed by atoms with Gasteiger partial charge < -0.3 is 9.73 Å². The summed E-state index contributed by atoms with van der Waals surface area (Å²) in [5.74, 6) is 1.57. The van der Waals surface area contributed by atoms with Crippen molar-refractivity contribution in [3.8, 4) is 6.07 Å². The maximum absolute atomic E-state index is 12.3. The summed E-state index contributed by atoms with van der Waals surface area (Å²) in [5.41, 5.74) is 0.366. The van der Waals surface area contributed by atoms with Crippen LogP contribution in [-0.4, -0.2) is 18.9 Å². The van der Waals surface area contributed by atoms with Crippen LogP contribution in [-0.2, 0) is 0 Å². The van der Waals surface area contributed by atoms with Crippen molar-refractivity contribution in [3.63, 3.8) is 0 Å². The Labute approximate surface area is 99.6 Å². The Kier molecular flexibility index (Phi) is 2.49. The molecule has 0 amide bonds. The van der Waals surface area contributed by atoms with E-state index in [1.165, 1.54) is 6.26 Å². The van der Waals surface area contributed by atoms with E-state index in [1.807, 2.05) is 6.07 Å². The average Bonchev–Trinajstić information content (AvgIpc) is 3.02. The van der Waals surface area contributed by atoms with Crippen LogP contribution in [0.4, 0.5) is 0 Å². The average molecular weight is 230 g/mol. The molecule has 1 aliphatic heterocycles. The second-order valence-electron chi connectivity index (χ2n) is 4.99. The van der Waals surface area contributed by atoms with Gasteiger partial charge in [-0.1, -0.05) is 0 Å². The van der Waals surface area contributed by atoms with Gasteiger partial charge in [-0.15, -0.1) is 0 Å². The molecule has 4 heteroatoms. The third-order valence-electron chi connectivity index (χ3n) is 4.03. The van der Waals surface area contributed by atoms with Crippen LogP contribution in [0.3, 0.4) is 0 Å². The number of furan rings is 1. The minimum Gasteiger partial charge on any atom is -0.460 e. The van der Waals surface area contributed by atoms with Crippen LogP contribution < -0.4 is 5.32 Å². The molecule has 0 aromatic carbocycles. The fourth-order valence-corrected chi connectivity index (χ4v) is 3.15. The smallest absolute Gasteiger partial charge is 0.202 e. The van der Waals surface area contributed by atoms with Gasteiger partial charge in [0.05, 0.1) is 6.26 Å². The standard InChI is InChI=1S/C13H14N2O2/c14-5-8-1-2-17-13(8)12(16)9-3-10-6-15-7-11(10)4-9/h1-2,9-11,15H,3-4,6-7H2/t9-,10-,11+. The van der Waals surface area contributed by atoms with E-state index in [-0.39, 0.29) is 17.5 Å². The molecule has 1 N–H and O–H groups in total. The van der Waals surface area contributed by atoms with Crippen molar-refractivity contribution in [2.45, 2.75) is 12.8 Å². The van der Waals surface area contributed by atoms with Crippen molar-refractivity contribution in [2.24, 2.45) is 17.8 Å². The second-order valence-corrected chi connectivity index (χ2v) is 4.99. The lowest BCUT2D eigenvalue weighted by molar-refractivity contribution is 0.0888. The van der Waals surface area contributed by atoms with Crippen LogP contribution in [0.25, 0.3) is 0 Å². The van der Waals surface area contributed by atoms with E-state index in [2.05, 4.69) is 5.32 Å². The van der Waals surface area contributed by atoms with E-state index in [0.717, 1.165) is 25.9 Å². The summed E-state index contributed by atoms with van der Waals surface area (Å²) >= 11 is 0. The minimum atomic E-state index is 0.0148. The molecule has 1 saturated heterocycles. The quantitative estimate of drug-likeness (QED) is 0.783. The van der Waals surface area contributed by atoms with Gasteiger partial charge in [0.15, 0.2) is 5.76 Å². The lowest BCUT2D eigenvalue weighted by Crippen LogP contribution is -2.17. The first kappa shape index (κ1) is 10.5. The number of fused-ring (bicyclic) bond motifs is 1. The summed E-state index contributed by atoms with van der Waals surface area (Å²) in [4.78, 5) is 12.3. The van der Waals surface area contributed by atoms with Gasteiger partial charge >= 0.3 is 0 Å². The monoisotopic (exact) mass is 230 g/mol. The summed E-state index contributed by atoms with van der Waals surface area (Å²) in [6.45, 7) is 2.05. The zero-order chi connectivity index (χ0) is 11.8. The normalized spacial score (nSPS) is 31.1. The molecule has 17 heavy (non-hydrogen) atoms. The molecule has 1 aromatic rings. The first-order chi connectivity index (χ1) is 8.29. The first-order valence-corrected chi connectivity index (χ1v) is 6.02. The van der Waals surface area contributed by atoms with Crippen LogP contribution in [0.2, 0.25) is 0 Å². The molecule has 88 valence electrons. The van der Waals surface area contributed by atoms with E-state index < -0.39 is 0 Å². The van der Waals surface area contributed by atoms with E-state index in [9.17, 15) is 4.79 Å². The van der Waals surface area contributed by atoms with Crippen molar-refractivity contribution in [2.75, 3.05) is 13.1 Å². The van der Waals surface area contributed by atoms with Crippen molar-refractivity contribution < 1.29 is 9.21 Å². The molecule has 0 spiro atoms. The zero-order valence-corrected chi connectivity index (χ0v) is 9.48. The predicted octanol–water partition coefficient (Wildman–Crippen LogP) is 1.58. The fourth-order valence-electron chi connectivity index (χ4n) is 3.15. The molecule has 0 unspecified atom stereocenters. The Morgan fingerprint density at radius 3 is 2.76 bits per heavy atom. The summed E-state index contributed by atoms with van der Waals surface area (Å²) < 4.78 is 5.16. The molecule has 1 aliphatic carbocycles. The molecule has 1 aromatic heterocycles. The van der Waals surface area contributed by atoms with Crippen molar-refractivity contribution >= 4 is 5.78 Å². The number of ketones is 1. The Morgan fingerprint density at radius 2 is 2.12 bits per heavy atom. The topological polar surface area (TPSA) is 66.0 Å². The lowest BCUT2D eigenvalue weighted by Gasteiger charge is -2.08. The highest BCUT2D eigenvalue weighted by atomic mass is 16.3. The van der Waals surface area contributed by atoms with Gasteiger partial charge in [0.1, 0.15) is 11.6 Å². The van der Waals surface area contributed by atoms with Crippen molar-refractivity contribution in [3.05, 3.63) is 23.7 Å². The number of rotatable bonds is 2. The van der Waals surface area contributed by atoms with Crippen LogP contribution in [0.1, 0.15) is 29.0 Å². The summed E-state index contributed by atoms with van der Waals surface area (Å²) in [6.07, 6.45) is 3.28. The molecule has 0 bridgehead atoms. The van der Waals surface area contributed by atoms with Gasteiger partial charge in [-0.2, -0.15) is 5.26 Å². The first-order valence-electron chi connectivity index (χ1n) is 6.02. The van der Waals surface area contributed by atoms with Gasteiger partial charge in [0, 0.05) is 5.92 Å². The summed E-state index contributed by atoms with van der Waals surface area (Å²) in [5, 5.41) is 12.2. The van der Waals surface area contributed by atoms with E-state index in [4.69, 9.17) is 9.68 Å². The number of carbonyl (C=O) groups is 1. The van der Waals surface area contributed by atoms with E-state index in [1.54, 1.807) is 6.07 Å². The van der Waals surface area contributed by atoms with Gasteiger partial charge in [-0.05, 0) is 43.8 Å². The fraction of sp³-hybridized carbons (Fsp3) is 0.538. The number of hydrogen-bond acceptors (Lipinski definition) is 4. The summed E-state index contributed by atoms with van der Waals surface area (Å²) in [7, 11) is 0. The van der Waals surface area contributed by atoms with Crippen LogP contribution in [0, 0.1) is 29.1 Å². The molecular weight excluding hydrogens is 216 g/mol. The molecular formula is C13H14N2O2. The highest BCUT2D eigenvalue weighted by molar-refractivity contribution is 5.97.